The van der Waals surface area contributed by atoms with Gasteiger partial charge < -0.3 is 0 Å². The average Bonchev–Trinajstić information content (AvgIpc) is 2.99. The molecule has 0 heterocycles. The number of carbonyl (C=O) groups is 4. The number of alkyl carbamates (subject to hydrolysis) is 2. The summed E-state index contributed by atoms with van der Waals surface area (Å²) in [5.74, 6) is -1.00. The Hall–Kier alpha value is -3.04. The Balaban J connectivity index is 1.62. The van der Waals surface area contributed by atoms with E-state index in [1.807, 2.05) is 60.7 Å². The number of hydrogen-bond acceptors (Lipinski definition) is 8. The number of carbonyl (C=O) groups excluding carboxylic acids is 4. The predicted octanol–water partition coefficient (Wildman–Crippen LogP) is 3.64. The van der Waals surface area contributed by atoms with E-state index in [4.69, 9.17) is 18.9 Å². The van der Waals surface area contributed by atoms with Crippen molar-refractivity contribution in [1.29, 1.82) is 0 Å². The number of ether oxygens (including phenoxy) is 4. The first-order valence-corrected chi connectivity index (χ1v) is 19.5. The van der Waals surface area contributed by atoms with E-state index < -0.39 is 36.2 Å². The molecular formula is C28H36N2O8Se2. The third-order valence-electron chi connectivity index (χ3n) is 5.51. The van der Waals surface area contributed by atoms with Crippen molar-refractivity contribution in [2.24, 2.45) is 0 Å². The molecule has 0 aliphatic heterocycles. The maximum absolute atomic E-state index is 12.1. The minimum absolute atomic E-state index is 0.118. The number of methoxy groups -OCH3 is 2. The van der Waals surface area contributed by atoms with Gasteiger partial charge >= 0.3 is 247 Å². The number of amides is 2. The Labute approximate surface area is 246 Å². The van der Waals surface area contributed by atoms with Gasteiger partial charge in [-0.15, -0.1) is 0 Å². The summed E-state index contributed by atoms with van der Waals surface area (Å²) in [6.07, 6.45) is 1.13. The SMILES string of the molecule is COC(=O)[C@H](CCC[Se][Se]CCC[C@H](NC(=O)OCc1ccccc1)C(=O)OC)NC(=O)OCc1ccccc1. The Morgan fingerprint density at radius 3 is 1.38 bits per heavy atom. The van der Waals surface area contributed by atoms with Crippen molar-refractivity contribution in [3.63, 3.8) is 0 Å². The van der Waals surface area contributed by atoms with Crippen LogP contribution in [0.3, 0.4) is 0 Å². The normalized spacial score (nSPS) is 11.9. The third-order valence-corrected chi connectivity index (χ3v) is 13.2. The average molecular weight is 687 g/mol. The van der Waals surface area contributed by atoms with Crippen molar-refractivity contribution in [1.82, 2.24) is 10.6 Å². The van der Waals surface area contributed by atoms with Gasteiger partial charge in [-0.25, -0.2) is 0 Å². The first kappa shape index (κ1) is 33.2. The maximum atomic E-state index is 12.1. The standard InChI is InChI=1S/C28H36N2O8Se2/c1-35-25(31)23(29-27(33)37-19-21-11-5-3-6-12-21)15-9-17-39-40-18-10-16-24(26(32)36-2)30-28(34)38-20-22-13-7-4-8-14-22/h3-8,11-14,23-24H,9-10,15-20H2,1-2H3,(H,29,33)(H,30,34)/t23-,24-/m0/s1. The van der Waals surface area contributed by atoms with Crippen LogP contribution in [0.5, 0.6) is 0 Å². The fourth-order valence-electron chi connectivity index (χ4n) is 3.41. The molecule has 0 unspecified atom stereocenters. The van der Waals surface area contributed by atoms with Gasteiger partial charge in [0.05, 0.1) is 0 Å². The van der Waals surface area contributed by atoms with Crippen LogP contribution in [0.2, 0.25) is 10.6 Å². The van der Waals surface area contributed by atoms with Crippen LogP contribution >= 0.6 is 0 Å². The first-order chi connectivity index (χ1) is 19.4. The Bertz CT molecular complexity index is 960. The van der Waals surface area contributed by atoms with Gasteiger partial charge in [0.1, 0.15) is 0 Å². The van der Waals surface area contributed by atoms with Gasteiger partial charge in [0.15, 0.2) is 0 Å². The second-order valence-electron chi connectivity index (χ2n) is 8.49. The van der Waals surface area contributed by atoms with E-state index in [0.717, 1.165) is 34.6 Å². The van der Waals surface area contributed by atoms with E-state index >= 15 is 0 Å². The summed E-state index contributed by atoms with van der Waals surface area (Å²) in [6, 6.07) is 17.1. The minimum atomic E-state index is -0.759. The van der Waals surface area contributed by atoms with Gasteiger partial charge in [0, 0.05) is 0 Å². The molecule has 0 saturated heterocycles. The molecule has 218 valence electrons. The zero-order chi connectivity index (χ0) is 29.0. The topological polar surface area (TPSA) is 129 Å². The van der Waals surface area contributed by atoms with Crippen molar-refractivity contribution in [3.05, 3.63) is 71.8 Å². The van der Waals surface area contributed by atoms with Gasteiger partial charge in [-0.1, -0.05) is 0 Å². The second-order valence-corrected chi connectivity index (χ2v) is 16.3. The summed E-state index contributed by atoms with van der Waals surface area (Å²) >= 11 is 0.786. The molecule has 2 aromatic rings. The van der Waals surface area contributed by atoms with Crippen molar-refractivity contribution in [2.75, 3.05) is 14.2 Å². The predicted molar refractivity (Wildman–Crippen MR) is 151 cm³/mol. The summed E-state index contributed by atoms with van der Waals surface area (Å²) in [4.78, 5) is 48.5. The van der Waals surface area contributed by atoms with Crippen LogP contribution in [0.15, 0.2) is 60.7 Å². The van der Waals surface area contributed by atoms with Crippen LogP contribution in [-0.4, -0.2) is 76.7 Å². The van der Waals surface area contributed by atoms with Gasteiger partial charge in [-0.3, -0.25) is 0 Å². The number of nitrogens with one attached hydrogen (secondary N) is 2. The third kappa shape index (κ3) is 13.8. The number of rotatable bonds is 17. The molecule has 10 nitrogen and oxygen atoms in total. The molecule has 0 bridgehead atoms. The van der Waals surface area contributed by atoms with Gasteiger partial charge in [-0.05, 0) is 0 Å². The molecule has 12 heteroatoms. The van der Waals surface area contributed by atoms with Crippen molar-refractivity contribution < 1.29 is 38.1 Å². The Kier molecular flexibility index (Phi) is 16.5. The van der Waals surface area contributed by atoms with E-state index in [0.29, 0.717) is 39.1 Å². The van der Waals surface area contributed by atoms with Crippen molar-refractivity contribution in [2.45, 2.75) is 61.6 Å². The van der Waals surface area contributed by atoms with Crippen LogP contribution in [0, 0.1) is 0 Å². The summed E-state index contributed by atoms with van der Waals surface area (Å²) < 4.78 is 20.1. The van der Waals surface area contributed by atoms with Gasteiger partial charge in [0.2, 0.25) is 0 Å². The van der Waals surface area contributed by atoms with Gasteiger partial charge in [0.25, 0.3) is 0 Å². The molecule has 2 aromatic carbocycles. The van der Waals surface area contributed by atoms with Crippen molar-refractivity contribution in [3.8, 4) is 0 Å². The van der Waals surface area contributed by atoms with E-state index in [9.17, 15) is 19.2 Å². The summed E-state index contributed by atoms with van der Waals surface area (Å²) in [5.41, 5.74) is 1.71. The van der Waals surface area contributed by atoms with Crippen molar-refractivity contribution >= 4 is 50.4 Å². The molecular weight excluding hydrogens is 650 g/mol. The van der Waals surface area contributed by atoms with E-state index in [2.05, 4.69) is 10.6 Å². The van der Waals surface area contributed by atoms with Crippen LogP contribution in [-0.2, 0) is 41.8 Å². The van der Waals surface area contributed by atoms with E-state index in [-0.39, 0.29) is 13.2 Å². The van der Waals surface area contributed by atoms with Crippen LogP contribution < -0.4 is 10.6 Å². The monoisotopic (exact) mass is 688 g/mol. The number of esters is 2. The summed E-state index contributed by atoms with van der Waals surface area (Å²) in [6.45, 7) is 0.237. The number of hydrogen-bond donors (Lipinski definition) is 2. The molecule has 0 fully saturated rings. The zero-order valence-corrected chi connectivity index (χ0v) is 26.1. The molecule has 2 N–H and O–H groups in total. The fourth-order valence-corrected chi connectivity index (χ4v) is 10.2. The fraction of sp³-hybridized carbons (Fsp3) is 0.429. The summed E-state index contributed by atoms with van der Waals surface area (Å²) in [5, 5.41) is 7.10. The molecule has 2 atom stereocenters. The molecule has 0 saturated carbocycles. The molecule has 0 radical (unpaired) electrons. The van der Waals surface area contributed by atoms with Crippen LogP contribution in [0.25, 0.3) is 0 Å². The first-order valence-electron chi connectivity index (χ1n) is 12.8. The number of benzene rings is 2. The molecule has 0 aliphatic rings. The quantitative estimate of drug-likeness (QED) is 0.112. The Morgan fingerprint density at radius 2 is 1.02 bits per heavy atom. The second kappa shape index (κ2) is 19.9. The zero-order valence-electron chi connectivity index (χ0n) is 22.7. The van der Waals surface area contributed by atoms with E-state index in [1.54, 1.807) is 0 Å². The molecule has 0 aliphatic carbocycles. The van der Waals surface area contributed by atoms with Crippen LogP contribution in [0.1, 0.15) is 36.8 Å². The molecule has 2 rings (SSSR count). The molecule has 0 spiro atoms. The molecule has 2 amide bonds. The molecule has 0 aromatic heterocycles. The van der Waals surface area contributed by atoms with E-state index in [1.165, 1.54) is 14.2 Å². The Morgan fingerprint density at radius 1 is 0.650 bits per heavy atom. The van der Waals surface area contributed by atoms with Crippen LogP contribution in [0.4, 0.5) is 9.59 Å². The van der Waals surface area contributed by atoms with Gasteiger partial charge in [-0.2, -0.15) is 0 Å². The molecule has 40 heavy (non-hydrogen) atoms. The summed E-state index contributed by atoms with van der Waals surface area (Å²) in [7, 11) is 2.58.